The Hall–Kier alpha value is -1.03. The minimum atomic E-state index is -0.646. The summed E-state index contributed by atoms with van der Waals surface area (Å²) in [6, 6.07) is 5.60. The topological polar surface area (TPSA) is 38.0 Å². The minimum Gasteiger partial charge on any atom is -0.388 e. The maximum absolute atomic E-state index is 10.4. The van der Waals surface area contributed by atoms with Gasteiger partial charge in [-0.1, -0.05) is 35.3 Å². The quantitative estimate of drug-likeness (QED) is 0.922. The molecule has 1 aromatic carbocycles. The lowest BCUT2D eigenvalue weighted by Crippen LogP contribution is -2.09. The number of hydrogen-bond donors (Lipinski definition) is 1. The van der Waals surface area contributed by atoms with E-state index in [2.05, 4.69) is 5.10 Å². The van der Waals surface area contributed by atoms with E-state index in [1.807, 2.05) is 37.6 Å². The molecule has 2 rings (SSSR count). The Labute approximate surface area is 129 Å². The van der Waals surface area contributed by atoms with E-state index in [4.69, 9.17) is 23.2 Å². The van der Waals surface area contributed by atoms with Crippen LogP contribution in [0.1, 0.15) is 35.5 Å². The van der Waals surface area contributed by atoms with Gasteiger partial charge in [0.05, 0.1) is 22.5 Å². The molecule has 0 aliphatic heterocycles. The van der Waals surface area contributed by atoms with Crippen molar-refractivity contribution >= 4 is 23.2 Å². The van der Waals surface area contributed by atoms with Crippen LogP contribution in [0.2, 0.25) is 10.0 Å². The first kappa shape index (κ1) is 15.4. The van der Waals surface area contributed by atoms with Crippen molar-refractivity contribution in [3.8, 4) is 0 Å². The van der Waals surface area contributed by atoms with Gasteiger partial charge >= 0.3 is 0 Å². The molecule has 2 aromatic rings. The smallest absolute Gasteiger partial charge is 0.0848 e. The molecule has 0 saturated carbocycles. The second kappa shape index (κ2) is 6.17. The van der Waals surface area contributed by atoms with Crippen molar-refractivity contribution in [2.24, 2.45) is 0 Å². The van der Waals surface area contributed by atoms with E-state index in [0.717, 1.165) is 29.1 Å². The number of aliphatic hydroxyl groups excluding tert-OH is 1. The Bertz CT molecular complexity index is 623. The van der Waals surface area contributed by atoms with Gasteiger partial charge in [-0.2, -0.15) is 5.10 Å². The van der Waals surface area contributed by atoms with Crippen LogP contribution in [-0.2, 0) is 13.0 Å². The van der Waals surface area contributed by atoms with Gasteiger partial charge < -0.3 is 5.11 Å². The van der Waals surface area contributed by atoms with Crippen LogP contribution in [0.4, 0.5) is 0 Å². The van der Waals surface area contributed by atoms with Crippen molar-refractivity contribution in [2.45, 2.75) is 39.8 Å². The molecule has 3 nitrogen and oxygen atoms in total. The van der Waals surface area contributed by atoms with Gasteiger partial charge in [0.1, 0.15) is 0 Å². The normalized spacial score (nSPS) is 12.7. The van der Waals surface area contributed by atoms with Gasteiger partial charge in [0.25, 0.3) is 0 Å². The predicted molar refractivity (Wildman–Crippen MR) is 82.5 cm³/mol. The third-order valence-corrected chi connectivity index (χ3v) is 4.32. The van der Waals surface area contributed by atoms with Gasteiger partial charge in [0.15, 0.2) is 0 Å². The van der Waals surface area contributed by atoms with Crippen LogP contribution in [0, 0.1) is 13.8 Å². The van der Waals surface area contributed by atoms with Crippen LogP contribution in [0.3, 0.4) is 0 Å². The zero-order chi connectivity index (χ0) is 14.9. The van der Waals surface area contributed by atoms with E-state index in [1.165, 1.54) is 0 Å². The van der Waals surface area contributed by atoms with Gasteiger partial charge in [0.2, 0.25) is 0 Å². The summed E-state index contributed by atoms with van der Waals surface area (Å²) in [4.78, 5) is 0. The molecular weight excluding hydrogens is 295 g/mol. The van der Waals surface area contributed by atoms with Crippen molar-refractivity contribution in [1.82, 2.24) is 9.78 Å². The number of aryl methyl sites for hydroxylation is 3. The fourth-order valence-electron chi connectivity index (χ4n) is 2.18. The minimum absolute atomic E-state index is 0.424. The highest BCUT2D eigenvalue weighted by molar-refractivity contribution is 6.32. The maximum atomic E-state index is 10.4. The molecule has 0 radical (unpaired) electrons. The van der Waals surface area contributed by atoms with E-state index in [1.54, 1.807) is 6.07 Å². The Morgan fingerprint density at radius 1 is 1.30 bits per heavy atom. The highest BCUT2D eigenvalue weighted by Crippen LogP contribution is 2.28. The van der Waals surface area contributed by atoms with Gasteiger partial charge in [0, 0.05) is 18.0 Å². The molecule has 0 aliphatic rings. The van der Waals surface area contributed by atoms with Crippen LogP contribution in [-0.4, -0.2) is 14.9 Å². The lowest BCUT2D eigenvalue weighted by atomic mass is 10.0. The Balaban J connectivity index is 2.27. The summed E-state index contributed by atoms with van der Waals surface area (Å²) in [5.41, 5.74) is 3.43. The Morgan fingerprint density at radius 2 is 2.00 bits per heavy atom. The molecule has 1 heterocycles. The van der Waals surface area contributed by atoms with Crippen molar-refractivity contribution in [2.75, 3.05) is 0 Å². The van der Waals surface area contributed by atoms with E-state index in [-0.39, 0.29) is 0 Å². The van der Waals surface area contributed by atoms with Crippen LogP contribution < -0.4 is 0 Å². The fraction of sp³-hybridized carbons (Fsp3) is 0.400. The van der Waals surface area contributed by atoms with E-state index < -0.39 is 6.10 Å². The SMILES string of the molecule is CCn1nc(C)c(Cl)c1CC(O)c1ccc(C)c(Cl)c1. The van der Waals surface area contributed by atoms with Crippen molar-refractivity contribution in [3.63, 3.8) is 0 Å². The van der Waals surface area contributed by atoms with Gasteiger partial charge in [-0.3, -0.25) is 4.68 Å². The molecule has 0 saturated heterocycles. The second-order valence-corrected chi connectivity index (χ2v) is 5.68. The number of benzene rings is 1. The Kier molecular flexibility index (Phi) is 4.74. The summed E-state index contributed by atoms with van der Waals surface area (Å²) in [5.74, 6) is 0. The lowest BCUT2D eigenvalue weighted by Gasteiger charge is -2.13. The van der Waals surface area contributed by atoms with Crippen molar-refractivity contribution in [3.05, 3.63) is 50.8 Å². The fourth-order valence-corrected chi connectivity index (χ4v) is 2.58. The predicted octanol–water partition coefficient (Wildman–Crippen LogP) is 4.10. The molecule has 0 bridgehead atoms. The van der Waals surface area contributed by atoms with Gasteiger partial charge in [-0.25, -0.2) is 0 Å². The molecule has 0 aliphatic carbocycles. The summed E-state index contributed by atoms with van der Waals surface area (Å²) in [6.45, 7) is 6.53. The summed E-state index contributed by atoms with van der Waals surface area (Å²) < 4.78 is 1.83. The van der Waals surface area contributed by atoms with Gasteiger partial charge in [-0.15, -0.1) is 0 Å². The monoisotopic (exact) mass is 312 g/mol. The zero-order valence-electron chi connectivity index (χ0n) is 11.8. The summed E-state index contributed by atoms with van der Waals surface area (Å²) in [7, 11) is 0. The summed E-state index contributed by atoms with van der Waals surface area (Å²) in [5, 5.41) is 16.0. The molecule has 108 valence electrons. The largest absolute Gasteiger partial charge is 0.388 e. The van der Waals surface area contributed by atoms with E-state index in [9.17, 15) is 5.11 Å². The number of aliphatic hydroxyl groups is 1. The first-order valence-corrected chi connectivity index (χ1v) is 7.35. The third-order valence-electron chi connectivity index (χ3n) is 3.42. The molecule has 20 heavy (non-hydrogen) atoms. The number of nitrogens with zero attached hydrogens (tertiary/aromatic N) is 2. The lowest BCUT2D eigenvalue weighted by molar-refractivity contribution is 0.175. The highest BCUT2D eigenvalue weighted by atomic mass is 35.5. The molecular formula is C15H18Cl2N2O. The van der Waals surface area contributed by atoms with Crippen LogP contribution in [0.5, 0.6) is 0 Å². The molecule has 0 spiro atoms. The zero-order valence-corrected chi connectivity index (χ0v) is 13.3. The molecule has 1 aromatic heterocycles. The number of aromatic nitrogens is 2. The first-order valence-electron chi connectivity index (χ1n) is 6.60. The van der Waals surface area contributed by atoms with Gasteiger partial charge in [-0.05, 0) is 38.0 Å². The van der Waals surface area contributed by atoms with Crippen LogP contribution >= 0.6 is 23.2 Å². The standard InChI is InChI=1S/C15H18Cl2N2O/c1-4-19-13(15(17)10(3)18-19)8-14(20)11-6-5-9(2)12(16)7-11/h5-7,14,20H,4,8H2,1-3H3. The summed E-state index contributed by atoms with van der Waals surface area (Å²) >= 11 is 12.4. The molecule has 1 atom stereocenters. The molecule has 5 heteroatoms. The second-order valence-electron chi connectivity index (χ2n) is 4.89. The third kappa shape index (κ3) is 3.00. The van der Waals surface area contributed by atoms with Crippen LogP contribution in [0.25, 0.3) is 0 Å². The molecule has 1 unspecified atom stereocenters. The van der Waals surface area contributed by atoms with Crippen LogP contribution in [0.15, 0.2) is 18.2 Å². The van der Waals surface area contributed by atoms with E-state index in [0.29, 0.717) is 16.5 Å². The number of rotatable bonds is 4. The molecule has 1 N–H and O–H groups in total. The maximum Gasteiger partial charge on any atom is 0.0848 e. The highest BCUT2D eigenvalue weighted by Gasteiger charge is 2.18. The molecule has 0 fully saturated rings. The number of halogens is 2. The average molecular weight is 313 g/mol. The van der Waals surface area contributed by atoms with Crippen molar-refractivity contribution < 1.29 is 5.11 Å². The molecule has 0 amide bonds. The average Bonchev–Trinajstić information content (AvgIpc) is 2.69. The Morgan fingerprint density at radius 3 is 2.60 bits per heavy atom. The summed E-state index contributed by atoms with van der Waals surface area (Å²) in [6.07, 6.45) is -0.223. The first-order chi connectivity index (χ1) is 9.43. The van der Waals surface area contributed by atoms with E-state index >= 15 is 0 Å². The number of hydrogen-bond acceptors (Lipinski definition) is 2. The van der Waals surface area contributed by atoms with Crippen molar-refractivity contribution in [1.29, 1.82) is 0 Å².